The number of nitrogens with zero attached hydrogens (tertiary/aromatic N) is 3. The van der Waals surface area contributed by atoms with E-state index in [9.17, 15) is 0 Å². The minimum absolute atomic E-state index is 0.599. The SMILES string of the molecule is C=C/C=C\C=C(/C)c1cc(C(=C)NCc2cnc(-c3ccnc(C)c3)c(C)c2)no1.CCC. The summed E-state index contributed by atoms with van der Waals surface area (Å²) in [5, 5.41) is 7.42. The predicted molar refractivity (Wildman–Crippen MR) is 138 cm³/mol. The van der Waals surface area contributed by atoms with Gasteiger partial charge in [-0.2, -0.15) is 0 Å². The van der Waals surface area contributed by atoms with Crippen molar-refractivity contribution in [3.05, 3.63) is 102 Å². The zero-order valence-corrected chi connectivity index (χ0v) is 20.4. The highest BCUT2D eigenvalue weighted by atomic mass is 16.5. The van der Waals surface area contributed by atoms with Gasteiger partial charge in [0.25, 0.3) is 0 Å². The molecule has 3 rings (SSSR count). The van der Waals surface area contributed by atoms with Crippen LogP contribution in [0.2, 0.25) is 0 Å². The Morgan fingerprint density at radius 3 is 2.55 bits per heavy atom. The first-order valence-electron chi connectivity index (χ1n) is 11.1. The second-order valence-corrected chi connectivity index (χ2v) is 7.78. The summed E-state index contributed by atoms with van der Waals surface area (Å²) >= 11 is 0. The molecule has 0 atom stereocenters. The number of allylic oxidation sites excluding steroid dienone is 5. The summed E-state index contributed by atoms with van der Waals surface area (Å²) in [6, 6.07) is 8.03. The maximum atomic E-state index is 5.43. The number of hydrogen-bond donors (Lipinski definition) is 1. The zero-order valence-electron chi connectivity index (χ0n) is 20.4. The van der Waals surface area contributed by atoms with Gasteiger partial charge in [-0.15, -0.1) is 0 Å². The topological polar surface area (TPSA) is 63.8 Å². The van der Waals surface area contributed by atoms with Crippen LogP contribution in [-0.2, 0) is 6.54 Å². The number of aromatic nitrogens is 3. The van der Waals surface area contributed by atoms with Crippen molar-refractivity contribution in [1.29, 1.82) is 0 Å². The van der Waals surface area contributed by atoms with Crippen molar-refractivity contribution >= 4 is 11.3 Å². The van der Waals surface area contributed by atoms with Gasteiger partial charge in [0, 0.05) is 36.3 Å². The van der Waals surface area contributed by atoms with Gasteiger partial charge in [0.05, 0.1) is 11.4 Å². The highest BCUT2D eigenvalue weighted by Gasteiger charge is 2.10. The molecule has 0 radical (unpaired) electrons. The first-order chi connectivity index (χ1) is 15.9. The molecule has 0 aliphatic heterocycles. The van der Waals surface area contributed by atoms with Crippen molar-refractivity contribution in [2.45, 2.75) is 47.6 Å². The minimum atomic E-state index is 0.599. The van der Waals surface area contributed by atoms with Crippen molar-refractivity contribution < 1.29 is 4.52 Å². The lowest BCUT2D eigenvalue weighted by molar-refractivity contribution is 0.407. The van der Waals surface area contributed by atoms with E-state index in [0.29, 0.717) is 23.7 Å². The fourth-order valence-corrected chi connectivity index (χ4v) is 2.99. The molecule has 0 aromatic carbocycles. The maximum absolute atomic E-state index is 5.43. The molecule has 0 unspecified atom stereocenters. The van der Waals surface area contributed by atoms with Gasteiger partial charge >= 0.3 is 0 Å². The van der Waals surface area contributed by atoms with Crippen LogP contribution in [-0.4, -0.2) is 15.1 Å². The standard InChI is InChI=1S/C25H26N4O.C3H8/c1-6-7-8-9-17(2)24-14-23(29-30-24)20(5)27-15-21-12-18(3)25(28-16-21)22-10-11-26-19(4)13-22;1-3-2/h6-14,16,27H,1,5,15H2,2-4H3;3H2,1-2H3/b8-7-,17-9+;. The lowest BCUT2D eigenvalue weighted by Gasteiger charge is -2.10. The highest BCUT2D eigenvalue weighted by molar-refractivity contribution is 5.66. The predicted octanol–water partition coefficient (Wildman–Crippen LogP) is 7.07. The second-order valence-electron chi connectivity index (χ2n) is 7.78. The van der Waals surface area contributed by atoms with Crippen LogP contribution in [0.3, 0.4) is 0 Å². The molecule has 33 heavy (non-hydrogen) atoms. The molecule has 1 N–H and O–H groups in total. The fraction of sp³-hybridized carbons (Fsp3) is 0.250. The minimum Gasteiger partial charge on any atom is -0.380 e. The molecule has 0 amide bonds. The van der Waals surface area contributed by atoms with Crippen LogP contribution >= 0.6 is 0 Å². The largest absolute Gasteiger partial charge is 0.380 e. The van der Waals surface area contributed by atoms with Crippen LogP contribution < -0.4 is 5.32 Å². The number of nitrogens with one attached hydrogen (secondary N) is 1. The van der Waals surface area contributed by atoms with Gasteiger partial charge in [0.2, 0.25) is 0 Å². The normalized spacial score (nSPS) is 11.1. The third kappa shape index (κ3) is 7.72. The van der Waals surface area contributed by atoms with Crippen LogP contribution in [0.25, 0.3) is 22.5 Å². The van der Waals surface area contributed by atoms with Crippen molar-refractivity contribution in [3.63, 3.8) is 0 Å². The third-order valence-electron chi connectivity index (χ3n) is 4.61. The molecule has 0 aliphatic carbocycles. The van der Waals surface area contributed by atoms with E-state index in [2.05, 4.69) is 60.4 Å². The fourth-order valence-electron chi connectivity index (χ4n) is 2.99. The molecule has 0 fully saturated rings. The van der Waals surface area contributed by atoms with Crippen molar-refractivity contribution in [2.24, 2.45) is 0 Å². The second kappa shape index (κ2) is 13.0. The lowest BCUT2D eigenvalue weighted by Crippen LogP contribution is -2.11. The molecule has 0 aliphatic rings. The molecular formula is C28H34N4O. The highest BCUT2D eigenvalue weighted by Crippen LogP contribution is 2.22. The molecule has 3 aromatic rings. The summed E-state index contributed by atoms with van der Waals surface area (Å²) in [5.41, 5.74) is 7.55. The summed E-state index contributed by atoms with van der Waals surface area (Å²) in [6.07, 6.45) is 12.4. The Morgan fingerprint density at radius 2 is 1.88 bits per heavy atom. The van der Waals surface area contributed by atoms with Crippen molar-refractivity contribution in [2.75, 3.05) is 0 Å². The number of pyridine rings is 2. The van der Waals surface area contributed by atoms with E-state index in [1.807, 2.05) is 62.7 Å². The molecule has 5 nitrogen and oxygen atoms in total. The smallest absolute Gasteiger partial charge is 0.163 e. The first-order valence-corrected chi connectivity index (χ1v) is 11.1. The molecule has 0 saturated heterocycles. The average molecular weight is 443 g/mol. The molecule has 5 heteroatoms. The summed E-state index contributed by atoms with van der Waals surface area (Å²) in [7, 11) is 0. The lowest BCUT2D eigenvalue weighted by atomic mass is 10.1. The third-order valence-corrected chi connectivity index (χ3v) is 4.61. The van der Waals surface area contributed by atoms with E-state index in [1.165, 1.54) is 6.42 Å². The van der Waals surface area contributed by atoms with E-state index >= 15 is 0 Å². The Bertz CT molecular complexity index is 1140. The Kier molecular flexibility index (Phi) is 10.0. The summed E-state index contributed by atoms with van der Waals surface area (Å²) < 4.78 is 5.43. The Morgan fingerprint density at radius 1 is 1.12 bits per heavy atom. The summed E-state index contributed by atoms with van der Waals surface area (Å²) in [6.45, 7) is 18.6. The molecule has 172 valence electrons. The average Bonchev–Trinajstić information content (AvgIpc) is 3.29. The zero-order chi connectivity index (χ0) is 24.2. The summed E-state index contributed by atoms with van der Waals surface area (Å²) in [5.74, 6) is 0.705. The van der Waals surface area contributed by atoms with Gasteiger partial charge in [-0.3, -0.25) is 9.97 Å². The van der Waals surface area contributed by atoms with Crippen molar-refractivity contribution in [3.8, 4) is 11.3 Å². The van der Waals surface area contributed by atoms with E-state index in [0.717, 1.165) is 33.7 Å². The quantitative estimate of drug-likeness (QED) is 0.378. The van der Waals surface area contributed by atoms with Gasteiger partial charge in [-0.25, -0.2) is 0 Å². The van der Waals surface area contributed by atoms with E-state index in [4.69, 9.17) is 4.52 Å². The van der Waals surface area contributed by atoms with Gasteiger partial charge in [0.1, 0.15) is 5.69 Å². The molecule has 0 saturated carbocycles. The molecule has 3 aromatic heterocycles. The van der Waals surface area contributed by atoms with Crippen molar-refractivity contribution in [1.82, 2.24) is 20.4 Å². The van der Waals surface area contributed by atoms with Gasteiger partial charge < -0.3 is 9.84 Å². The monoisotopic (exact) mass is 442 g/mol. The number of aryl methyl sites for hydroxylation is 2. The Hall–Kier alpha value is -3.73. The van der Waals surface area contributed by atoms with Gasteiger partial charge in [-0.1, -0.05) is 69.0 Å². The van der Waals surface area contributed by atoms with E-state index < -0.39 is 0 Å². The van der Waals surface area contributed by atoms with E-state index in [1.54, 1.807) is 6.08 Å². The van der Waals surface area contributed by atoms with Crippen LogP contribution in [0.15, 0.2) is 78.6 Å². The first kappa shape index (κ1) is 25.5. The number of rotatable bonds is 8. The van der Waals surface area contributed by atoms with Gasteiger partial charge in [-0.05, 0) is 49.6 Å². The van der Waals surface area contributed by atoms with Crippen LogP contribution in [0.4, 0.5) is 0 Å². The maximum Gasteiger partial charge on any atom is 0.163 e. The summed E-state index contributed by atoms with van der Waals surface area (Å²) in [4.78, 5) is 8.90. The van der Waals surface area contributed by atoms with E-state index in [-0.39, 0.29) is 0 Å². The molecule has 3 heterocycles. The molecule has 0 spiro atoms. The Labute approximate surface area is 197 Å². The molecule has 0 bridgehead atoms. The van der Waals surface area contributed by atoms with Crippen LogP contribution in [0.5, 0.6) is 0 Å². The molecular weight excluding hydrogens is 408 g/mol. The van der Waals surface area contributed by atoms with Crippen LogP contribution in [0.1, 0.15) is 55.5 Å². The Balaban J connectivity index is 0.00000122. The number of hydrogen-bond acceptors (Lipinski definition) is 5. The van der Waals surface area contributed by atoms with Gasteiger partial charge in [0.15, 0.2) is 5.76 Å². The van der Waals surface area contributed by atoms with Crippen LogP contribution in [0, 0.1) is 13.8 Å².